The number of nitrogens with one attached hydrogen (secondary N) is 1. The predicted molar refractivity (Wildman–Crippen MR) is 107 cm³/mol. The molecule has 3 rings (SSSR count). The van der Waals surface area contributed by atoms with Crippen molar-refractivity contribution in [3.63, 3.8) is 0 Å². The molecule has 0 spiro atoms. The summed E-state index contributed by atoms with van der Waals surface area (Å²) in [5, 5.41) is 2.89. The molecule has 3 N–H and O–H groups in total. The number of rotatable bonds is 5. The standard InChI is InChI=1S/C19H27N3O4.ClH/c1-25-16-6-5-14(12-15(16)22-9-3-2-4-17(22)23)21-19(24)18(20)13-7-10-26-11-8-13;/h5-6,12-13,18H,2-4,7-11,20H2,1H3,(H,21,24);1H. The molecule has 1 unspecified atom stereocenters. The quantitative estimate of drug-likeness (QED) is 0.795. The van der Waals surface area contributed by atoms with Gasteiger partial charge in [-0.15, -0.1) is 12.4 Å². The minimum atomic E-state index is -0.568. The minimum Gasteiger partial charge on any atom is -0.495 e. The number of hydrogen-bond acceptors (Lipinski definition) is 5. The molecule has 27 heavy (non-hydrogen) atoms. The van der Waals surface area contributed by atoms with Crippen molar-refractivity contribution < 1.29 is 19.1 Å². The molecule has 7 nitrogen and oxygen atoms in total. The van der Waals surface area contributed by atoms with Gasteiger partial charge in [0.1, 0.15) is 5.75 Å². The number of piperidine rings is 1. The molecule has 8 heteroatoms. The molecule has 0 radical (unpaired) electrons. The Bertz CT molecular complexity index is 664. The van der Waals surface area contributed by atoms with Gasteiger partial charge in [0.25, 0.3) is 0 Å². The zero-order valence-electron chi connectivity index (χ0n) is 15.6. The Hall–Kier alpha value is -1.83. The van der Waals surface area contributed by atoms with Gasteiger partial charge in [0, 0.05) is 31.9 Å². The Morgan fingerprint density at radius 3 is 2.74 bits per heavy atom. The average Bonchev–Trinajstić information content (AvgIpc) is 2.68. The van der Waals surface area contributed by atoms with Crippen LogP contribution >= 0.6 is 12.4 Å². The molecule has 0 saturated carbocycles. The summed E-state index contributed by atoms with van der Waals surface area (Å²) >= 11 is 0. The number of ether oxygens (including phenoxy) is 2. The maximum Gasteiger partial charge on any atom is 0.241 e. The summed E-state index contributed by atoms with van der Waals surface area (Å²) < 4.78 is 10.7. The van der Waals surface area contributed by atoms with E-state index in [2.05, 4.69) is 5.32 Å². The minimum absolute atomic E-state index is 0. The second-order valence-electron chi connectivity index (χ2n) is 6.85. The van der Waals surface area contributed by atoms with E-state index in [1.54, 1.807) is 30.2 Å². The Morgan fingerprint density at radius 2 is 2.07 bits per heavy atom. The van der Waals surface area contributed by atoms with Crippen molar-refractivity contribution in [2.45, 2.75) is 38.1 Å². The number of anilines is 2. The maximum absolute atomic E-state index is 12.5. The van der Waals surface area contributed by atoms with Crippen LogP contribution in [-0.4, -0.2) is 44.7 Å². The lowest BCUT2D eigenvalue weighted by atomic mass is 9.92. The number of nitrogens with zero attached hydrogens (tertiary/aromatic N) is 1. The highest BCUT2D eigenvalue weighted by Crippen LogP contribution is 2.33. The first kappa shape index (κ1) is 21.5. The van der Waals surface area contributed by atoms with E-state index in [1.165, 1.54) is 0 Å². The first-order valence-electron chi connectivity index (χ1n) is 9.22. The Kier molecular flexibility index (Phi) is 7.89. The summed E-state index contributed by atoms with van der Waals surface area (Å²) in [5.74, 6) is 0.618. The predicted octanol–water partition coefficient (Wildman–Crippen LogP) is 2.33. The number of halogens is 1. The third-order valence-corrected chi connectivity index (χ3v) is 5.14. The molecule has 1 atom stereocenters. The number of benzene rings is 1. The normalized spacial score (nSPS) is 19.2. The third kappa shape index (κ3) is 5.12. The van der Waals surface area contributed by atoms with Gasteiger partial charge in [-0.1, -0.05) is 0 Å². The average molecular weight is 398 g/mol. The van der Waals surface area contributed by atoms with Crippen molar-refractivity contribution >= 4 is 35.6 Å². The monoisotopic (exact) mass is 397 g/mol. The molecule has 1 aromatic rings. The van der Waals surface area contributed by atoms with Gasteiger partial charge in [-0.05, 0) is 49.8 Å². The molecule has 2 heterocycles. The van der Waals surface area contributed by atoms with Gasteiger partial charge in [-0.25, -0.2) is 0 Å². The van der Waals surface area contributed by atoms with Crippen LogP contribution in [0.15, 0.2) is 18.2 Å². The molecule has 2 amide bonds. The molecule has 0 bridgehead atoms. The zero-order chi connectivity index (χ0) is 18.5. The van der Waals surface area contributed by atoms with Gasteiger partial charge < -0.3 is 25.4 Å². The highest BCUT2D eigenvalue weighted by molar-refractivity contribution is 5.98. The van der Waals surface area contributed by atoms with E-state index < -0.39 is 6.04 Å². The molecular formula is C19H28ClN3O4. The van der Waals surface area contributed by atoms with Crippen molar-refractivity contribution in [1.82, 2.24) is 0 Å². The van der Waals surface area contributed by atoms with Crippen molar-refractivity contribution in [3.05, 3.63) is 18.2 Å². The highest BCUT2D eigenvalue weighted by atomic mass is 35.5. The van der Waals surface area contributed by atoms with Crippen LogP contribution in [0.2, 0.25) is 0 Å². The highest BCUT2D eigenvalue weighted by Gasteiger charge is 2.27. The largest absolute Gasteiger partial charge is 0.495 e. The third-order valence-electron chi connectivity index (χ3n) is 5.14. The van der Waals surface area contributed by atoms with E-state index in [-0.39, 0.29) is 30.1 Å². The fraction of sp³-hybridized carbons (Fsp3) is 0.579. The zero-order valence-corrected chi connectivity index (χ0v) is 16.4. The lowest BCUT2D eigenvalue weighted by molar-refractivity contribution is -0.120. The molecule has 0 aromatic heterocycles. The Morgan fingerprint density at radius 1 is 1.33 bits per heavy atom. The van der Waals surface area contributed by atoms with E-state index in [9.17, 15) is 9.59 Å². The van der Waals surface area contributed by atoms with Gasteiger partial charge in [0.05, 0.1) is 18.8 Å². The molecule has 2 saturated heterocycles. The van der Waals surface area contributed by atoms with Crippen LogP contribution in [-0.2, 0) is 14.3 Å². The van der Waals surface area contributed by atoms with Crippen molar-refractivity contribution in [3.8, 4) is 5.75 Å². The van der Waals surface area contributed by atoms with E-state index in [1.807, 2.05) is 0 Å². The van der Waals surface area contributed by atoms with Gasteiger partial charge in [0.2, 0.25) is 11.8 Å². The van der Waals surface area contributed by atoms with Crippen LogP contribution in [0, 0.1) is 5.92 Å². The summed E-state index contributed by atoms with van der Waals surface area (Å²) in [4.78, 5) is 26.5. The van der Waals surface area contributed by atoms with Crippen molar-refractivity contribution in [2.24, 2.45) is 11.7 Å². The van der Waals surface area contributed by atoms with Crippen LogP contribution in [0.4, 0.5) is 11.4 Å². The fourth-order valence-electron chi connectivity index (χ4n) is 3.55. The Balaban J connectivity index is 0.00000261. The second-order valence-corrected chi connectivity index (χ2v) is 6.85. The molecule has 2 aliphatic rings. The lowest BCUT2D eigenvalue weighted by Gasteiger charge is -2.29. The smallest absolute Gasteiger partial charge is 0.241 e. The molecule has 2 fully saturated rings. The number of amides is 2. The van der Waals surface area contributed by atoms with E-state index in [4.69, 9.17) is 15.2 Å². The van der Waals surface area contributed by atoms with Crippen molar-refractivity contribution in [1.29, 1.82) is 0 Å². The van der Waals surface area contributed by atoms with E-state index in [0.717, 1.165) is 25.7 Å². The first-order valence-corrected chi connectivity index (χ1v) is 9.22. The van der Waals surface area contributed by atoms with Crippen LogP contribution in [0.5, 0.6) is 5.75 Å². The molecule has 0 aliphatic carbocycles. The molecule has 150 valence electrons. The van der Waals surface area contributed by atoms with Crippen molar-refractivity contribution in [2.75, 3.05) is 37.1 Å². The van der Waals surface area contributed by atoms with Crippen LogP contribution < -0.4 is 20.7 Å². The molecular weight excluding hydrogens is 370 g/mol. The van der Waals surface area contributed by atoms with E-state index in [0.29, 0.717) is 43.3 Å². The summed E-state index contributed by atoms with van der Waals surface area (Å²) in [7, 11) is 1.58. The lowest BCUT2D eigenvalue weighted by Crippen LogP contribution is -2.44. The maximum atomic E-state index is 12.5. The summed E-state index contributed by atoms with van der Waals surface area (Å²) in [6, 6.07) is 4.76. The van der Waals surface area contributed by atoms with Gasteiger partial charge >= 0.3 is 0 Å². The fourth-order valence-corrected chi connectivity index (χ4v) is 3.55. The summed E-state index contributed by atoms with van der Waals surface area (Å²) in [6.07, 6.45) is 4.00. The topological polar surface area (TPSA) is 93.9 Å². The van der Waals surface area contributed by atoms with Gasteiger partial charge in [0.15, 0.2) is 0 Å². The number of nitrogens with two attached hydrogens (primary N) is 1. The van der Waals surface area contributed by atoms with Crippen LogP contribution in [0.25, 0.3) is 0 Å². The second kappa shape index (κ2) is 9.92. The first-order chi connectivity index (χ1) is 12.6. The van der Waals surface area contributed by atoms with Gasteiger partial charge in [-0.2, -0.15) is 0 Å². The van der Waals surface area contributed by atoms with E-state index >= 15 is 0 Å². The summed E-state index contributed by atoms with van der Waals surface area (Å²) in [5.41, 5.74) is 7.45. The number of carbonyl (C=O) groups is 2. The SMILES string of the molecule is COc1ccc(NC(=O)C(N)C2CCOCC2)cc1N1CCCCC1=O.Cl. The molecule has 2 aliphatic heterocycles. The van der Waals surface area contributed by atoms with Crippen LogP contribution in [0.3, 0.4) is 0 Å². The van der Waals surface area contributed by atoms with Crippen LogP contribution in [0.1, 0.15) is 32.1 Å². The Labute approximate surface area is 166 Å². The number of carbonyl (C=O) groups excluding carboxylic acids is 2. The molecule has 1 aromatic carbocycles. The number of methoxy groups -OCH3 is 1. The van der Waals surface area contributed by atoms with Gasteiger partial charge in [-0.3, -0.25) is 9.59 Å². The summed E-state index contributed by atoms with van der Waals surface area (Å²) in [6.45, 7) is 1.96. The number of hydrogen-bond donors (Lipinski definition) is 2.